The van der Waals surface area contributed by atoms with E-state index in [1.807, 2.05) is 13.8 Å². The molecule has 0 aliphatic rings. The lowest BCUT2D eigenvalue weighted by Gasteiger charge is -2.43. The molecule has 0 saturated carbocycles. The van der Waals surface area contributed by atoms with Crippen LogP contribution in [-0.4, -0.2) is 68.9 Å². The first-order valence-corrected chi connectivity index (χ1v) is 17.7. The highest BCUT2D eigenvalue weighted by molar-refractivity contribution is 6.74. The van der Waals surface area contributed by atoms with Gasteiger partial charge in [-0.2, -0.15) is 0 Å². The second kappa shape index (κ2) is 13.1. The minimum Gasteiger partial charge on any atom is -0.414 e. The van der Waals surface area contributed by atoms with Gasteiger partial charge in [-0.3, -0.25) is 0 Å². The summed E-state index contributed by atoms with van der Waals surface area (Å²) < 4.78 is 29.9. The summed E-state index contributed by atoms with van der Waals surface area (Å²) in [4.78, 5) is 11.6. The fourth-order valence-electron chi connectivity index (χ4n) is 2.81. The van der Waals surface area contributed by atoms with E-state index in [2.05, 4.69) is 73.8 Å². The normalized spacial score (nSPS) is 18.1. The molecule has 0 saturated heterocycles. The first-order valence-electron chi connectivity index (χ1n) is 11.9. The lowest BCUT2D eigenvalue weighted by molar-refractivity contribution is -0.130. The van der Waals surface area contributed by atoms with Crippen LogP contribution in [0.15, 0.2) is 11.6 Å². The Morgan fingerprint density at radius 3 is 1.85 bits per heavy atom. The van der Waals surface area contributed by atoms with Crippen molar-refractivity contribution in [1.82, 2.24) is 0 Å². The van der Waals surface area contributed by atoms with E-state index in [1.54, 1.807) is 14.2 Å². The molecule has 33 heavy (non-hydrogen) atoms. The molecular formula is C25H52O6Si2. The van der Waals surface area contributed by atoms with Crippen LogP contribution in [0.1, 0.15) is 55.4 Å². The van der Waals surface area contributed by atoms with Crippen molar-refractivity contribution in [3.63, 3.8) is 0 Å². The van der Waals surface area contributed by atoms with E-state index in [0.29, 0.717) is 6.61 Å². The van der Waals surface area contributed by atoms with Gasteiger partial charge in [-0.15, -0.1) is 0 Å². The van der Waals surface area contributed by atoms with Crippen LogP contribution in [0.2, 0.25) is 36.3 Å². The monoisotopic (exact) mass is 504 g/mol. The van der Waals surface area contributed by atoms with Gasteiger partial charge in [0.1, 0.15) is 25.3 Å². The maximum Gasteiger partial charge on any atom is 0.193 e. The van der Waals surface area contributed by atoms with Crippen LogP contribution in [0.25, 0.3) is 0 Å². The summed E-state index contributed by atoms with van der Waals surface area (Å²) in [6.45, 7) is 26.9. The van der Waals surface area contributed by atoms with Gasteiger partial charge in [0.15, 0.2) is 16.6 Å². The molecule has 0 fully saturated rings. The van der Waals surface area contributed by atoms with Gasteiger partial charge in [0.25, 0.3) is 0 Å². The van der Waals surface area contributed by atoms with Crippen LogP contribution in [0.4, 0.5) is 0 Å². The third kappa shape index (κ3) is 10.0. The highest BCUT2D eigenvalue weighted by atomic mass is 28.4. The smallest absolute Gasteiger partial charge is 0.193 e. The average Bonchev–Trinajstić information content (AvgIpc) is 2.66. The van der Waals surface area contributed by atoms with Crippen molar-refractivity contribution in [1.29, 1.82) is 0 Å². The Morgan fingerprint density at radius 2 is 1.45 bits per heavy atom. The SMILES string of the molecule is COCO[C@@H](C=O)[C@@H](C)/C=C(\C)[C@H](O[Si](C)(C)C(C)(C)C)[C@H](CO[Si](C)(C)C(C)(C)C)OC. The van der Waals surface area contributed by atoms with Crippen LogP contribution < -0.4 is 0 Å². The largest absolute Gasteiger partial charge is 0.414 e. The molecule has 0 aliphatic heterocycles. The van der Waals surface area contributed by atoms with Crippen LogP contribution in [0.3, 0.4) is 0 Å². The van der Waals surface area contributed by atoms with Crippen molar-refractivity contribution in [3.05, 3.63) is 11.6 Å². The molecule has 0 aromatic heterocycles. The Morgan fingerprint density at radius 1 is 0.939 bits per heavy atom. The van der Waals surface area contributed by atoms with Gasteiger partial charge < -0.3 is 27.9 Å². The van der Waals surface area contributed by atoms with E-state index >= 15 is 0 Å². The van der Waals surface area contributed by atoms with E-state index < -0.39 is 22.7 Å². The van der Waals surface area contributed by atoms with Crippen molar-refractivity contribution in [2.75, 3.05) is 27.6 Å². The minimum atomic E-state index is -2.11. The number of methoxy groups -OCH3 is 2. The van der Waals surface area contributed by atoms with Gasteiger partial charge >= 0.3 is 0 Å². The predicted molar refractivity (Wildman–Crippen MR) is 142 cm³/mol. The summed E-state index contributed by atoms with van der Waals surface area (Å²) in [6.07, 6.45) is 1.76. The number of aldehydes is 1. The van der Waals surface area contributed by atoms with Crippen molar-refractivity contribution >= 4 is 22.9 Å². The molecule has 0 radical (unpaired) electrons. The molecular weight excluding hydrogens is 452 g/mol. The summed E-state index contributed by atoms with van der Waals surface area (Å²) in [5.74, 6) is -0.137. The quantitative estimate of drug-likeness (QED) is 0.122. The second-order valence-electron chi connectivity index (χ2n) is 12.1. The molecule has 0 aliphatic carbocycles. The molecule has 0 heterocycles. The number of carbonyl (C=O) groups is 1. The molecule has 0 spiro atoms. The zero-order chi connectivity index (χ0) is 26.3. The number of carbonyl (C=O) groups excluding carboxylic acids is 1. The zero-order valence-corrected chi connectivity index (χ0v) is 25.8. The van der Waals surface area contributed by atoms with Gasteiger partial charge in [-0.25, -0.2) is 0 Å². The number of ether oxygens (including phenoxy) is 3. The summed E-state index contributed by atoms with van der Waals surface area (Å²) in [6, 6.07) is 0. The predicted octanol–water partition coefficient (Wildman–Crippen LogP) is 6.18. The highest BCUT2D eigenvalue weighted by Gasteiger charge is 2.43. The maximum absolute atomic E-state index is 11.6. The summed E-state index contributed by atoms with van der Waals surface area (Å²) >= 11 is 0. The molecule has 0 aromatic carbocycles. The van der Waals surface area contributed by atoms with Crippen LogP contribution in [0.5, 0.6) is 0 Å². The average molecular weight is 505 g/mol. The number of rotatable bonds is 14. The van der Waals surface area contributed by atoms with Crippen LogP contribution in [-0.2, 0) is 27.9 Å². The number of hydrogen-bond donors (Lipinski definition) is 0. The summed E-state index contributed by atoms with van der Waals surface area (Å²) in [5.41, 5.74) is 1.02. The lowest BCUT2D eigenvalue weighted by atomic mass is 9.98. The molecule has 0 rings (SSSR count). The topological polar surface area (TPSA) is 63.2 Å². The molecule has 0 aromatic rings. The van der Waals surface area contributed by atoms with Crippen molar-refractivity contribution in [2.24, 2.45) is 5.92 Å². The molecule has 6 nitrogen and oxygen atoms in total. The van der Waals surface area contributed by atoms with Crippen molar-refractivity contribution in [2.45, 2.75) is 110 Å². The lowest BCUT2D eigenvalue weighted by Crippen LogP contribution is -2.50. The van der Waals surface area contributed by atoms with Gasteiger partial charge in [0.05, 0.1) is 12.7 Å². The Balaban J connectivity index is 6.03. The fraction of sp³-hybridized carbons (Fsp3) is 0.880. The third-order valence-corrected chi connectivity index (χ3v) is 16.2. The standard InChI is InChI=1S/C25H52O6Si2/c1-19(21(16-26)29-18-27-9)15-20(2)23(31-33(13,14)25(6,7)8)22(28-10)17-30-32(11,12)24(3,4)5/h15-16,19,21-23H,17-18H2,1-14H3/b20-15+/t19-,21-,22-,23-/m0/s1. The molecule has 0 unspecified atom stereocenters. The maximum atomic E-state index is 11.6. The third-order valence-electron chi connectivity index (χ3n) is 7.29. The Kier molecular flexibility index (Phi) is 12.9. The second-order valence-corrected chi connectivity index (χ2v) is 21.7. The van der Waals surface area contributed by atoms with Gasteiger partial charge in [-0.1, -0.05) is 54.5 Å². The first kappa shape index (κ1) is 32.6. The van der Waals surface area contributed by atoms with Crippen LogP contribution in [0, 0.1) is 5.92 Å². The Hall–Kier alpha value is -0.356. The van der Waals surface area contributed by atoms with Gasteiger partial charge in [-0.05, 0) is 48.8 Å². The fourth-order valence-corrected chi connectivity index (χ4v) is 5.15. The molecule has 8 heteroatoms. The van der Waals surface area contributed by atoms with E-state index in [0.717, 1.165) is 11.9 Å². The van der Waals surface area contributed by atoms with E-state index in [9.17, 15) is 4.79 Å². The minimum absolute atomic E-state index is 0.0443. The molecule has 196 valence electrons. The Bertz CT molecular complexity index is 619. The molecule has 4 atom stereocenters. The van der Waals surface area contributed by atoms with Gasteiger partial charge in [0, 0.05) is 20.1 Å². The summed E-state index contributed by atoms with van der Waals surface area (Å²) in [5, 5.41) is 0.152. The van der Waals surface area contributed by atoms with Crippen LogP contribution >= 0.6 is 0 Å². The van der Waals surface area contributed by atoms with Crippen molar-refractivity contribution < 1.29 is 27.9 Å². The van der Waals surface area contributed by atoms with E-state index in [1.165, 1.54) is 0 Å². The highest BCUT2D eigenvalue weighted by Crippen LogP contribution is 2.40. The van der Waals surface area contributed by atoms with E-state index in [4.69, 9.17) is 23.1 Å². The molecule has 0 bridgehead atoms. The van der Waals surface area contributed by atoms with Gasteiger partial charge in [0.2, 0.25) is 0 Å². The first-order chi connectivity index (χ1) is 14.8. The molecule has 0 N–H and O–H groups in total. The van der Waals surface area contributed by atoms with Crippen molar-refractivity contribution in [3.8, 4) is 0 Å². The zero-order valence-electron chi connectivity index (χ0n) is 23.8. The molecule has 0 amide bonds. The number of hydrogen-bond acceptors (Lipinski definition) is 6. The van der Waals surface area contributed by atoms with E-state index in [-0.39, 0.29) is 35.0 Å². The Labute approximate surface area is 206 Å². The summed E-state index contributed by atoms with van der Waals surface area (Å²) in [7, 11) is -0.809.